The van der Waals surface area contributed by atoms with Crippen LogP contribution in [-0.2, 0) is 4.79 Å². The third kappa shape index (κ3) is 4.93. The zero-order valence-corrected chi connectivity index (χ0v) is 16.5. The first kappa shape index (κ1) is 20.0. The third-order valence-corrected chi connectivity index (χ3v) is 5.97. The Kier molecular flexibility index (Phi) is 6.27. The maximum atomic E-state index is 12.6. The molecule has 6 nitrogen and oxygen atoms in total. The van der Waals surface area contributed by atoms with Crippen LogP contribution in [0.15, 0.2) is 24.3 Å². The van der Waals surface area contributed by atoms with Gasteiger partial charge in [0.15, 0.2) is 0 Å². The maximum absolute atomic E-state index is 12.6. The van der Waals surface area contributed by atoms with Gasteiger partial charge >= 0.3 is 6.03 Å². The molecule has 1 aliphatic carbocycles. The number of rotatable bonds is 4. The van der Waals surface area contributed by atoms with Gasteiger partial charge in [-0.05, 0) is 43.4 Å². The molecule has 27 heavy (non-hydrogen) atoms. The zero-order chi connectivity index (χ0) is 19.4. The van der Waals surface area contributed by atoms with Crippen molar-refractivity contribution in [3.05, 3.63) is 34.9 Å². The average molecular weight is 394 g/mol. The lowest BCUT2D eigenvalue weighted by molar-refractivity contribution is -0.129. The number of nitrogens with zero attached hydrogens (tertiary/aromatic N) is 1. The summed E-state index contributed by atoms with van der Waals surface area (Å²) in [5.74, 6) is 0.0716. The topological polar surface area (TPSA) is 81.7 Å². The van der Waals surface area contributed by atoms with Crippen LogP contribution in [0.25, 0.3) is 0 Å². The van der Waals surface area contributed by atoms with Crippen molar-refractivity contribution in [3.8, 4) is 0 Å². The van der Waals surface area contributed by atoms with E-state index in [0.717, 1.165) is 31.2 Å². The van der Waals surface area contributed by atoms with Crippen LogP contribution in [0.3, 0.4) is 0 Å². The highest BCUT2D eigenvalue weighted by atomic mass is 35.5. The molecule has 2 fully saturated rings. The van der Waals surface area contributed by atoms with Gasteiger partial charge in [-0.2, -0.15) is 0 Å². The molecule has 1 aromatic carbocycles. The van der Waals surface area contributed by atoms with Crippen molar-refractivity contribution in [1.82, 2.24) is 15.5 Å². The second-order valence-corrected chi connectivity index (χ2v) is 8.13. The van der Waals surface area contributed by atoms with E-state index < -0.39 is 11.6 Å². The van der Waals surface area contributed by atoms with Gasteiger partial charge in [0.2, 0.25) is 5.91 Å². The fourth-order valence-electron chi connectivity index (χ4n) is 4.19. The summed E-state index contributed by atoms with van der Waals surface area (Å²) in [4.78, 5) is 25.9. The molecule has 148 valence electrons. The number of amides is 3. The lowest BCUT2D eigenvalue weighted by Gasteiger charge is -2.35. The van der Waals surface area contributed by atoms with Crippen LogP contribution in [0.2, 0.25) is 5.02 Å². The molecule has 0 radical (unpaired) electrons. The van der Waals surface area contributed by atoms with Crippen LogP contribution in [0, 0.1) is 0 Å². The molecule has 2 aliphatic rings. The van der Waals surface area contributed by atoms with Crippen molar-refractivity contribution >= 4 is 23.5 Å². The first-order chi connectivity index (χ1) is 12.9. The van der Waals surface area contributed by atoms with Gasteiger partial charge in [0.25, 0.3) is 0 Å². The van der Waals surface area contributed by atoms with Crippen LogP contribution in [0.1, 0.15) is 57.1 Å². The SMILES string of the molecule is CC(=O)N1CCC(NC(=O)NC(c2cccc(Cl)c2)C2(O)CCCC2)CC1. The Balaban J connectivity index is 1.65. The zero-order valence-electron chi connectivity index (χ0n) is 15.7. The number of halogens is 1. The molecule has 7 heteroatoms. The number of benzene rings is 1. The number of urea groups is 1. The fourth-order valence-corrected chi connectivity index (χ4v) is 4.39. The molecule has 1 saturated carbocycles. The van der Waals surface area contributed by atoms with Crippen LogP contribution in [0.5, 0.6) is 0 Å². The lowest BCUT2D eigenvalue weighted by Crippen LogP contribution is -2.52. The highest BCUT2D eigenvalue weighted by molar-refractivity contribution is 6.30. The Hall–Kier alpha value is -1.79. The third-order valence-electron chi connectivity index (χ3n) is 5.74. The molecule has 3 amide bonds. The molecule has 0 bridgehead atoms. The van der Waals surface area contributed by atoms with Crippen LogP contribution in [-0.4, -0.2) is 46.7 Å². The largest absolute Gasteiger partial charge is 0.387 e. The standard InChI is InChI=1S/C20H28ClN3O3/c1-14(25)24-11-7-17(8-12-24)22-19(26)23-18(20(27)9-2-3-10-20)15-5-4-6-16(21)13-15/h4-6,13,17-18,27H,2-3,7-12H2,1H3,(H2,22,23,26). The molecule has 3 N–H and O–H groups in total. The first-order valence-corrected chi connectivity index (χ1v) is 10.1. The Morgan fingerprint density at radius 3 is 2.52 bits per heavy atom. The van der Waals surface area contributed by atoms with E-state index in [1.807, 2.05) is 12.1 Å². The Labute approximate surface area is 165 Å². The molecular formula is C20H28ClN3O3. The Morgan fingerprint density at radius 1 is 1.26 bits per heavy atom. The molecule has 0 aromatic heterocycles. The molecular weight excluding hydrogens is 366 g/mol. The average Bonchev–Trinajstić information content (AvgIpc) is 3.07. The van der Waals surface area contributed by atoms with Crippen molar-refractivity contribution in [2.45, 2.75) is 63.1 Å². The Morgan fingerprint density at radius 2 is 1.93 bits per heavy atom. The van der Waals surface area contributed by atoms with Crippen LogP contribution >= 0.6 is 11.6 Å². The van der Waals surface area contributed by atoms with Gasteiger partial charge in [0.1, 0.15) is 0 Å². The van der Waals surface area contributed by atoms with E-state index in [-0.39, 0.29) is 18.0 Å². The summed E-state index contributed by atoms with van der Waals surface area (Å²) in [7, 11) is 0. The van der Waals surface area contributed by atoms with Gasteiger partial charge in [-0.25, -0.2) is 4.79 Å². The molecule has 1 unspecified atom stereocenters. The highest BCUT2D eigenvalue weighted by Gasteiger charge is 2.41. The van der Waals surface area contributed by atoms with E-state index in [0.29, 0.717) is 31.0 Å². The summed E-state index contributed by atoms with van der Waals surface area (Å²) >= 11 is 6.13. The summed E-state index contributed by atoms with van der Waals surface area (Å²) in [6, 6.07) is 6.53. The summed E-state index contributed by atoms with van der Waals surface area (Å²) in [6.07, 6.45) is 4.67. The van der Waals surface area contributed by atoms with Crippen molar-refractivity contribution in [3.63, 3.8) is 0 Å². The molecule has 1 heterocycles. The van der Waals surface area contributed by atoms with E-state index >= 15 is 0 Å². The predicted octanol–water partition coefficient (Wildman–Crippen LogP) is 3.00. The van der Waals surface area contributed by atoms with E-state index in [4.69, 9.17) is 11.6 Å². The number of carbonyl (C=O) groups is 2. The van der Waals surface area contributed by atoms with E-state index in [2.05, 4.69) is 10.6 Å². The number of piperidine rings is 1. The van der Waals surface area contributed by atoms with Gasteiger partial charge in [-0.3, -0.25) is 4.79 Å². The molecule has 1 aliphatic heterocycles. The van der Waals surface area contributed by atoms with Gasteiger partial charge in [0.05, 0.1) is 11.6 Å². The molecule has 1 saturated heterocycles. The number of carbonyl (C=O) groups excluding carboxylic acids is 2. The maximum Gasteiger partial charge on any atom is 0.315 e. The smallest absolute Gasteiger partial charge is 0.315 e. The number of nitrogens with one attached hydrogen (secondary N) is 2. The minimum Gasteiger partial charge on any atom is -0.387 e. The van der Waals surface area contributed by atoms with Crippen molar-refractivity contribution in [1.29, 1.82) is 0 Å². The Bertz CT molecular complexity index is 683. The highest BCUT2D eigenvalue weighted by Crippen LogP contribution is 2.40. The van der Waals surface area contributed by atoms with Crippen molar-refractivity contribution < 1.29 is 14.7 Å². The minimum absolute atomic E-state index is 0.0267. The van der Waals surface area contributed by atoms with Crippen molar-refractivity contribution in [2.24, 2.45) is 0 Å². The van der Waals surface area contributed by atoms with Gasteiger partial charge in [0, 0.05) is 31.1 Å². The van der Waals surface area contributed by atoms with Gasteiger partial charge < -0.3 is 20.6 Å². The van der Waals surface area contributed by atoms with Gasteiger partial charge in [-0.1, -0.05) is 36.6 Å². The van der Waals surface area contributed by atoms with Crippen LogP contribution in [0.4, 0.5) is 4.79 Å². The molecule has 3 rings (SSSR count). The molecule has 1 atom stereocenters. The first-order valence-electron chi connectivity index (χ1n) is 9.68. The fraction of sp³-hybridized carbons (Fsp3) is 0.600. The summed E-state index contributed by atoms with van der Waals surface area (Å²) in [5.41, 5.74) is -0.145. The van der Waals surface area contributed by atoms with E-state index in [1.165, 1.54) is 0 Å². The van der Waals surface area contributed by atoms with Gasteiger partial charge in [-0.15, -0.1) is 0 Å². The number of hydrogen-bond donors (Lipinski definition) is 3. The van der Waals surface area contributed by atoms with E-state index in [1.54, 1.807) is 24.0 Å². The number of hydrogen-bond acceptors (Lipinski definition) is 3. The molecule has 0 spiro atoms. The van der Waals surface area contributed by atoms with Crippen LogP contribution < -0.4 is 10.6 Å². The predicted molar refractivity (Wildman–Crippen MR) is 105 cm³/mol. The second kappa shape index (κ2) is 8.48. The normalized spacial score (nSPS) is 20.9. The summed E-state index contributed by atoms with van der Waals surface area (Å²) in [6.45, 7) is 2.88. The quantitative estimate of drug-likeness (QED) is 0.735. The molecule has 1 aromatic rings. The van der Waals surface area contributed by atoms with Crippen molar-refractivity contribution in [2.75, 3.05) is 13.1 Å². The minimum atomic E-state index is -0.958. The number of aliphatic hydroxyl groups is 1. The second-order valence-electron chi connectivity index (χ2n) is 7.70. The number of likely N-dealkylation sites (tertiary alicyclic amines) is 1. The monoisotopic (exact) mass is 393 g/mol. The summed E-state index contributed by atoms with van der Waals surface area (Å²) in [5, 5.41) is 17.7. The van der Waals surface area contributed by atoms with E-state index in [9.17, 15) is 14.7 Å². The lowest BCUT2D eigenvalue weighted by atomic mass is 9.87. The summed E-state index contributed by atoms with van der Waals surface area (Å²) < 4.78 is 0.